The molecule has 16 heavy (non-hydrogen) atoms. The van der Waals surface area contributed by atoms with E-state index in [1.807, 2.05) is 0 Å². The number of benzene rings is 1. The van der Waals surface area contributed by atoms with Crippen molar-refractivity contribution in [3.63, 3.8) is 0 Å². The first-order valence-corrected chi connectivity index (χ1v) is 6.61. The molecule has 3 unspecified atom stereocenters. The lowest BCUT2D eigenvalue weighted by Crippen LogP contribution is -2.11. The van der Waals surface area contributed by atoms with Crippen molar-refractivity contribution in [1.29, 1.82) is 0 Å². The molecule has 0 aliphatic rings. The van der Waals surface area contributed by atoms with Gasteiger partial charge in [-0.05, 0) is 42.2 Å². The van der Waals surface area contributed by atoms with E-state index in [9.17, 15) is 0 Å². The lowest BCUT2D eigenvalue weighted by molar-refractivity contribution is 0.336. The van der Waals surface area contributed by atoms with Gasteiger partial charge in [-0.1, -0.05) is 58.4 Å². The molecule has 0 heteroatoms. The number of aryl methyl sites for hydroxylation is 1. The third-order valence-corrected chi connectivity index (χ3v) is 4.06. The molecule has 0 N–H and O–H groups in total. The second kappa shape index (κ2) is 6.08. The average Bonchev–Trinajstić information content (AvgIpc) is 2.28. The van der Waals surface area contributed by atoms with E-state index < -0.39 is 0 Å². The van der Waals surface area contributed by atoms with E-state index in [0.717, 1.165) is 11.8 Å². The van der Waals surface area contributed by atoms with Crippen LogP contribution in [0.4, 0.5) is 0 Å². The highest BCUT2D eigenvalue weighted by Crippen LogP contribution is 2.29. The van der Waals surface area contributed by atoms with Gasteiger partial charge in [0.05, 0.1) is 0 Å². The predicted octanol–water partition coefficient (Wildman–Crippen LogP) is 5.17. The van der Waals surface area contributed by atoms with Crippen molar-refractivity contribution in [2.24, 2.45) is 11.8 Å². The molecule has 3 atom stereocenters. The van der Waals surface area contributed by atoms with E-state index in [4.69, 9.17) is 0 Å². The molecule has 0 amide bonds. The fourth-order valence-electron chi connectivity index (χ4n) is 2.46. The Balaban J connectivity index is 2.65. The summed E-state index contributed by atoms with van der Waals surface area (Å²) >= 11 is 0. The number of hydrogen-bond acceptors (Lipinski definition) is 0. The van der Waals surface area contributed by atoms with Crippen LogP contribution in [0.25, 0.3) is 0 Å². The monoisotopic (exact) mass is 218 g/mol. The Hall–Kier alpha value is -0.780. The number of hydrogen-bond donors (Lipinski definition) is 0. The Morgan fingerprint density at radius 3 is 2.19 bits per heavy atom. The van der Waals surface area contributed by atoms with Gasteiger partial charge in [0, 0.05) is 0 Å². The molecule has 1 rings (SSSR count). The van der Waals surface area contributed by atoms with Crippen LogP contribution in [-0.2, 0) is 0 Å². The van der Waals surface area contributed by atoms with E-state index in [1.165, 1.54) is 24.0 Å². The summed E-state index contributed by atoms with van der Waals surface area (Å²) in [4.78, 5) is 0. The highest BCUT2D eigenvalue weighted by Gasteiger charge is 2.16. The zero-order valence-electron chi connectivity index (χ0n) is 11.5. The smallest absolute Gasteiger partial charge is 0.0185 e. The van der Waals surface area contributed by atoms with Crippen molar-refractivity contribution >= 4 is 0 Å². The SMILES string of the molecule is CCC(C)C(C)CC(C)c1ccccc1C. The van der Waals surface area contributed by atoms with Crippen molar-refractivity contribution in [1.82, 2.24) is 0 Å². The van der Waals surface area contributed by atoms with Crippen molar-refractivity contribution in [2.75, 3.05) is 0 Å². The van der Waals surface area contributed by atoms with Crippen LogP contribution in [0, 0.1) is 18.8 Å². The minimum absolute atomic E-state index is 0.685. The molecule has 90 valence electrons. The molecule has 0 spiro atoms. The van der Waals surface area contributed by atoms with Gasteiger partial charge in [-0.15, -0.1) is 0 Å². The first kappa shape index (κ1) is 13.3. The van der Waals surface area contributed by atoms with Gasteiger partial charge in [-0.25, -0.2) is 0 Å². The van der Waals surface area contributed by atoms with E-state index in [0.29, 0.717) is 5.92 Å². The summed E-state index contributed by atoms with van der Waals surface area (Å²) in [6.07, 6.45) is 2.60. The summed E-state index contributed by atoms with van der Waals surface area (Å²) < 4.78 is 0. The summed E-state index contributed by atoms with van der Waals surface area (Å²) in [5.41, 5.74) is 2.96. The van der Waals surface area contributed by atoms with Crippen LogP contribution in [0.15, 0.2) is 24.3 Å². The van der Waals surface area contributed by atoms with Gasteiger partial charge in [-0.3, -0.25) is 0 Å². The maximum atomic E-state index is 2.39. The molecule has 1 aromatic rings. The minimum atomic E-state index is 0.685. The van der Waals surface area contributed by atoms with Crippen LogP contribution >= 0.6 is 0 Å². The van der Waals surface area contributed by atoms with Crippen molar-refractivity contribution in [2.45, 2.75) is 53.4 Å². The Bertz CT molecular complexity index is 314. The molecule has 0 aromatic heterocycles. The van der Waals surface area contributed by atoms with Crippen LogP contribution in [0.1, 0.15) is 57.6 Å². The van der Waals surface area contributed by atoms with Gasteiger partial charge < -0.3 is 0 Å². The van der Waals surface area contributed by atoms with Crippen LogP contribution < -0.4 is 0 Å². The molecule has 0 heterocycles. The summed E-state index contributed by atoms with van der Waals surface area (Å²) in [7, 11) is 0. The Morgan fingerprint density at radius 1 is 1.00 bits per heavy atom. The van der Waals surface area contributed by atoms with Gasteiger partial charge in [-0.2, -0.15) is 0 Å². The summed E-state index contributed by atoms with van der Waals surface area (Å²) in [6.45, 7) is 11.6. The fraction of sp³-hybridized carbons (Fsp3) is 0.625. The highest BCUT2D eigenvalue weighted by molar-refractivity contribution is 5.28. The molecular weight excluding hydrogens is 192 g/mol. The molecular formula is C16H26. The average molecular weight is 218 g/mol. The molecule has 0 bridgehead atoms. The van der Waals surface area contributed by atoms with Gasteiger partial charge in [0.15, 0.2) is 0 Å². The fourth-order valence-corrected chi connectivity index (χ4v) is 2.46. The molecule has 0 aliphatic heterocycles. The molecule has 0 radical (unpaired) electrons. The second-order valence-electron chi connectivity index (χ2n) is 5.36. The Morgan fingerprint density at radius 2 is 1.62 bits per heavy atom. The second-order valence-corrected chi connectivity index (χ2v) is 5.36. The molecule has 0 aliphatic carbocycles. The van der Waals surface area contributed by atoms with Gasteiger partial charge in [0.1, 0.15) is 0 Å². The van der Waals surface area contributed by atoms with E-state index in [2.05, 4.69) is 58.9 Å². The topological polar surface area (TPSA) is 0 Å². The zero-order chi connectivity index (χ0) is 12.1. The molecule has 0 fully saturated rings. The lowest BCUT2D eigenvalue weighted by Gasteiger charge is -2.23. The van der Waals surface area contributed by atoms with Crippen LogP contribution in [0.3, 0.4) is 0 Å². The third-order valence-electron chi connectivity index (χ3n) is 4.06. The lowest BCUT2D eigenvalue weighted by atomic mass is 9.82. The van der Waals surface area contributed by atoms with Crippen molar-refractivity contribution in [3.8, 4) is 0 Å². The Labute approximate surface area is 101 Å². The van der Waals surface area contributed by atoms with Gasteiger partial charge >= 0.3 is 0 Å². The predicted molar refractivity (Wildman–Crippen MR) is 72.8 cm³/mol. The molecule has 1 aromatic carbocycles. The van der Waals surface area contributed by atoms with Crippen molar-refractivity contribution in [3.05, 3.63) is 35.4 Å². The zero-order valence-corrected chi connectivity index (χ0v) is 11.5. The quantitative estimate of drug-likeness (QED) is 0.639. The van der Waals surface area contributed by atoms with Crippen molar-refractivity contribution < 1.29 is 0 Å². The van der Waals surface area contributed by atoms with E-state index in [1.54, 1.807) is 0 Å². The molecule has 0 nitrogen and oxygen atoms in total. The van der Waals surface area contributed by atoms with E-state index >= 15 is 0 Å². The summed E-state index contributed by atoms with van der Waals surface area (Å²) in [5, 5.41) is 0. The third kappa shape index (κ3) is 3.37. The standard InChI is InChI=1S/C16H26/c1-6-12(2)14(4)11-15(5)16-10-8-7-9-13(16)3/h7-10,12,14-15H,6,11H2,1-5H3. The molecule has 0 saturated carbocycles. The van der Waals surface area contributed by atoms with E-state index in [-0.39, 0.29) is 0 Å². The summed E-state index contributed by atoms with van der Waals surface area (Å²) in [6, 6.07) is 8.79. The largest absolute Gasteiger partial charge is 0.0651 e. The minimum Gasteiger partial charge on any atom is -0.0651 e. The maximum absolute atomic E-state index is 2.39. The van der Waals surface area contributed by atoms with Gasteiger partial charge in [0.25, 0.3) is 0 Å². The Kier molecular flexibility index (Phi) is 5.05. The van der Waals surface area contributed by atoms with Crippen LogP contribution in [0.5, 0.6) is 0 Å². The van der Waals surface area contributed by atoms with Crippen LogP contribution in [0.2, 0.25) is 0 Å². The highest BCUT2D eigenvalue weighted by atomic mass is 14.2. The normalized spacial score (nSPS) is 16.8. The maximum Gasteiger partial charge on any atom is -0.0185 e. The first-order chi connectivity index (χ1) is 7.56. The first-order valence-electron chi connectivity index (χ1n) is 6.61. The van der Waals surface area contributed by atoms with Crippen LogP contribution in [-0.4, -0.2) is 0 Å². The summed E-state index contributed by atoms with van der Waals surface area (Å²) in [5.74, 6) is 2.34. The number of rotatable bonds is 5. The van der Waals surface area contributed by atoms with Gasteiger partial charge in [0.2, 0.25) is 0 Å². The molecule has 0 saturated heterocycles.